The van der Waals surface area contributed by atoms with E-state index in [1.165, 1.54) is 19.2 Å². The Kier molecular flexibility index (Phi) is 4.72. The van der Waals surface area contributed by atoms with Crippen LogP contribution in [0.4, 0.5) is 6.01 Å². The third-order valence-electron chi connectivity index (χ3n) is 3.53. The van der Waals surface area contributed by atoms with Crippen LogP contribution in [0.25, 0.3) is 11.5 Å². The van der Waals surface area contributed by atoms with E-state index in [2.05, 4.69) is 15.5 Å². The zero-order valence-electron chi connectivity index (χ0n) is 14.0. The first-order valence-corrected chi connectivity index (χ1v) is 9.35. The van der Waals surface area contributed by atoms with Gasteiger partial charge in [-0.25, -0.2) is 8.42 Å². The molecule has 1 aromatic heterocycles. The van der Waals surface area contributed by atoms with Crippen LogP contribution in [-0.2, 0) is 9.84 Å². The highest BCUT2D eigenvalue weighted by atomic mass is 32.2. The van der Waals surface area contributed by atoms with Crippen LogP contribution in [0.3, 0.4) is 0 Å². The molecule has 2 aromatic carbocycles. The van der Waals surface area contributed by atoms with Crippen LogP contribution >= 0.6 is 0 Å². The minimum atomic E-state index is -3.28. The minimum Gasteiger partial charge on any atom is -0.497 e. The fraction of sp³-hybridized carbons (Fsp3) is 0.118. The molecule has 0 aliphatic rings. The molecule has 1 heterocycles. The zero-order valence-corrected chi connectivity index (χ0v) is 14.8. The second kappa shape index (κ2) is 6.96. The lowest BCUT2D eigenvalue weighted by molar-refractivity contribution is 0.102. The van der Waals surface area contributed by atoms with Crippen molar-refractivity contribution in [1.82, 2.24) is 10.2 Å². The number of ether oxygens (including phenoxy) is 1. The van der Waals surface area contributed by atoms with Crippen molar-refractivity contribution < 1.29 is 22.4 Å². The molecule has 0 saturated heterocycles. The Morgan fingerprint density at radius 1 is 1.04 bits per heavy atom. The van der Waals surface area contributed by atoms with Crippen LogP contribution in [0.1, 0.15) is 10.4 Å². The summed E-state index contributed by atoms with van der Waals surface area (Å²) in [4.78, 5) is 12.4. The molecule has 134 valence electrons. The number of hydrogen-bond donors (Lipinski definition) is 1. The first-order chi connectivity index (χ1) is 12.4. The van der Waals surface area contributed by atoms with E-state index in [9.17, 15) is 13.2 Å². The number of amides is 1. The van der Waals surface area contributed by atoms with Crippen LogP contribution < -0.4 is 10.1 Å². The van der Waals surface area contributed by atoms with Crippen LogP contribution in [0, 0.1) is 0 Å². The number of anilines is 1. The monoisotopic (exact) mass is 373 g/mol. The molecule has 26 heavy (non-hydrogen) atoms. The number of nitrogens with one attached hydrogen (secondary N) is 1. The molecule has 0 fully saturated rings. The van der Waals surface area contributed by atoms with Crippen molar-refractivity contribution in [2.24, 2.45) is 0 Å². The smallest absolute Gasteiger partial charge is 0.322 e. The van der Waals surface area contributed by atoms with Crippen LogP contribution in [0.15, 0.2) is 57.8 Å². The number of aromatic nitrogens is 2. The van der Waals surface area contributed by atoms with Gasteiger partial charge in [0.05, 0.1) is 12.0 Å². The molecule has 3 rings (SSSR count). The Labute approximate surface area is 149 Å². The maximum Gasteiger partial charge on any atom is 0.322 e. The molecule has 1 N–H and O–H groups in total. The Balaban J connectivity index is 1.74. The predicted octanol–water partition coefficient (Wildman–Crippen LogP) is 2.40. The van der Waals surface area contributed by atoms with Gasteiger partial charge in [-0.3, -0.25) is 10.1 Å². The van der Waals surface area contributed by atoms with Gasteiger partial charge in [-0.15, -0.1) is 5.10 Å². The fourth-order valence-electron chi connectivity index (χ4n) is 2.15. The summed E-state index contributed by atoms with van der Waals surface area (Å²) in [5.74, 6) is 0.393. The third-order valence-corrected chi connectivity index (χ3v) is 4.66. The molecule has 0 radical (unpaired) electrons. The molecular formula is C17H15N3O5S. The van der Waals surface area contributed by atoms with Crippen LogP contribution in [0.2, 0.25) is 0 Å². The predicted molar refractivity (Wildman–Crippen MR) is 93.8 cm³/mol. The Bertz CT molecular complexity index is 1030. The Morgan fingerprint density at radius 2 is 1.69 bits per heavy atom. The molecule has 0 aliphatic carbocycles. The number of sulfone groups is 1. The van der Waals surface area contributed by atoms with Crippen molar-refractivity contribution in [2.75, 3.05) is 18.7 Å². The van der Waals surface area contributed by atoms with Gasteiger partial charge in [0.1, 0.15) is 5.75 Å². The average molecular weight is 373 g/mol. The van der Waals surface area contributed by atoms with Gasteiger partial charge in [-0.2, -0.15) is 0 Å². The van der Waals surface area contributed by atoms with E-state index in [4.69, 9.17) is 9.15 Å². The highest BCUT2D eigenvalue weighted by molar-refractivity contribution is 7.90. The molecule has 0 spiro atoms. The van der Waals surface area contributed by atoms with E-state index in [0.29, 0.717) is 16.9 Å². The lowest BCUT2D eigenvalue weighted by Crippen LogP contribution is -2.11. The molecule has 8 nitrogen and oxygen atoms in total. The van der Waals surface area contributed by atoms with Gasteiger partial charge in [0.15, 0.2) is 9.84 Å². The SMILES string of the molecule is COc1ccc(C(=O)Nc2nnc(-c3ccc(S(C)(=O)=O)cc3)o2)cc1. The maximum atomic E-state index is 12.2. The van der Waals surface area contributed by atoms with Crippen molar-refractivity contribution >= 4 is 21.8 Å². The summed E-state index contributed by atoms with van der Waals surface area (Å²) in [7, 11) is -1.74. The molecule has 1 amide bonds. The Morgan fingerprint density at radius 3 is 2.27 bits per heavy atom. The molecule has 0 aliphatic heterocycles. The van der Waals surface area contributed by atoms with Gasteiger partial charge in [0.2, 0.25) is 5.89 Å². The Hall–Kier alpha value is -3.20. The number of methoxy groups -OCH3 is 1. The maximum absolute atomic E-state index is 12.2. The van der Waals surface area contributed by atoms with Crippen LogP contribution in [-0.4, -0.2) is 37.9 Å². The average Bonchev–Trinajstić information content (AvgIpc) is 3.09. The van der Waals surface area contributed by atoms with Crippen molar-refractivity contribution in [1.29, 1.82) is 0 Å². The van der Waals surface area contributed by atoms with Crippen molar-refractivity contribution in [3.05, 3.63) is 54.1 Å². The van der Waals surface area contributed by atoms with Crippen molar-refractivity contribution in [3.63, 3.8) is 0 Å². The first-order valence-electron chi connectivity index (χ1n) is 7.46. The van der Waals surface area contributed by atoms with Crippen LogP contribution in [0.5, 0.6) is 5.75 Å². The summed E-state index contributed by atoms with van der Waals surface area (Å²) < 4.78 is 33.4. The lowest BCUT2D eigenvalue weighted by Gasteiger charge is -2.02. The third kappa shape index (κ3) is 3.89. The number of carbonyl (C=O) groups is 1. The highest BCUT2D eigenvalue weighted by Crippen LogP contribution is 2.22. The van der Waals surface area contributed by atoms with Gasteiger partial charge in [0, 0.05) is 17.4 Å². The van der Waals surface area contributed by atoms with Gasteiger partial charge in [-0.1, -0.05) is 5.10 Å². The topological polar surface area (TPSA) is 111 Å². The van der Waals surface area contributed by atoms with E-state index < -0.39 is 15.7 Å². The molecule has 0 saturated carbocycles. The summed E-state index contributed by atoms with van der Waals surface area (Å²) in [5.41, 5.74) is 0.943. The van der Waals surface area contributed by atoms with Crippen molar-refractivity contribution in [3.8, 4) is 17.2 Å². The van der Waals surface area contributed by atoms with Gasteiger partial charge in [-0.05, 0) is 48.5 Å². The molecular weight excluding hydrogens is 358 g/mol. The normalized spacial score (nSPS) is 11.2. The lowest BCUT2D eigenvalue weighted by atomic mass is 10.2. The quantitative estimate of drug-likeness (QED) is 0.731. The molecule has 9 heteroatoms. The van der Waals surface area contributed by atoms with E-state index in [0.717, 1.165) is 6.26 Å². The largest absolute Gasteiger partial charge is 0.497 e. The number of hydrogen-bond acceptors (Lipinski definition) is 7. The standard InChI is InChI=1S/C17H15N3O5S/c1-24-13-7-3-11(4-8-13)15(21)18-17-20-19-16(25-17)12-5-9-14(10-6-12)26(2,22)23/h3-10H,1-2H3,(H,18,20,21). The fourth-order valence-corrected chi connectivity index (χ4v) is 2.78. The van der Waals surface area contributed by atoms with Crippen molar-refractivity contribution in [2.45, 2.75) is 4.90 Å². The second-order valence-corrected chi connectivity index (χ2v) is 7.41. The highest BCUT2D eigenvalue weighted by Gasteiger charge is 2.14. The van der Waals surface area contributed by atoms with E-state index in [1.807, 2.05) is 0 Å². The first kappa shape index (κ1) is 17.6. The molecule has 0 unspecified atom stereocenters. The molecule has 0 bridgehead atoms. The summed E-state index contributed by atoms with van der Waals surface area (Å²) in [6, 6.07) is 12.5. The zero-order chi connectivity index (χ0) is 18.7. The number of nitrogens with zero attached hydrogens (tertiary/aromatic N) is 2. The molecule has 3 aromatic rings. The summed E-state index contributed by atoms with van der Waals surface area (Å²) in [6.45, 7) is 0. The second-order valence-electron chi connectivity index (χ2n) is 5.39. The molecule has 0 atom stereocenters. The summed E-state index contributed by atoms with van der Waals surface area (Å²) >= 11 is 0. The number of carbonyl (C=O) groups excluding carboxylic acids is 1. The van der Waals surface area contributed by atoms with E-state index >= 15 is 0 Å². The number of benzene rings is 2. The van der Waals surface area contributed by atoms with Gasteiger partial charge >= 0.3 is 6.01 Å². The van der Waals surface area contributed by atoms with E-state index in [1.54, 1.807) is 36.4 Å². The number of rotatable bonds is 5. The van der Waals surface area contributed by atoms with Gasteiger partial charge < -0.3 is 9.15 Å². The minimum absolute atomic E-state index is 0.0620. The summed E-state index contributed by atoms with van der Waals surface area (Å²) in [6.07, 6.45) is 1.13. The summed E-state index contributed by atoms with van der Waals surface area (Å²) in [5, 5.41) is 10.1. The van der Waals surface area contributed by atoms with E-state index in [-0.39, 0.29) is 16.8 Å². The van der Waals surface area contributed by atoms with Gasteiger partial charge in [0.25, 0.3) is 5.91 Å².